The summed E-state index contributed by atoms with van der Waals surface area (Å²) in [5.74, 6) is 0. The molecule has 1 aromatic carbocycles. The van der Waals surface area contributed by atoms with E-state index in [2.05, 4.69) is 28.6 Å². The Morgan fingerprint density at radius 1 is 1.25 bits per heavy atom. The van der Waals surface area contributed by atoms with Gasteiger partial charge in [-0.3, -0.25) is 0 Å². The van der Waals surface area contributed by atoms with Crippen LogP contribution in [0.25, 0.3) is 5.69 Å². The predicted molar refractivity (Wildman–Crippen MR) is 78.9 cm³/mol. The molecule has 0 amide bonds. The molecule has 1 aliphatic heterocycles. The number of ether oxygens (including phenoxy) is 1. The highest BCUT2D eigenvalue weighted by Crippen LogP contribution is 2.14. The summed E-state index contributed by atoms with van der Waals surface area (Å²) in [4.78, 5) is 0. The van der Waals surface area contributed by atoms with E-state index < -0.39 is 0 Å². The lowest BCUT2D eigenvalue weighted by molar-refractivity contribution is 0.104. The van der Waals surface area contributed by atoms with Crippen LogP contribution in [-0.4, -0.2) is 29.0 Å². The van der Waals surface area contributed by atoms with Crippen LogP contribution in [-0.2, 0) is 11.3 Å². The highest BCUT2D eigenvalue weighted by Gasteiger charge is 2.14. The second kappa shape index (κ2) is 6.68. The Kier molecular flexibility index (Phi) is 4.46. The Labute approximate surface area is 119 Å². The monoisotopic (exact) mass is 271 g/mol. The number of nitrogens with zero attached hydrogens (tertiary/aromatic N) is 2. The summed E-state index contributed by atoms with van der Waals surface area (Å²) in [6.07, 6.45) is 5.99. The summed E-state index contributed by atoms with van der Waals surface area (Å²) in [6, 6.07) is 12.2. The number of para-hydroxylation sites is 1. The molecule has 106 valence electrons. The zero-order valence-electron chi connectivity index (χ0n) is 11.7. The zero-order valence-corrected chi connectivity index (χ0v) is 11.7. The molecule has 0 aliphatic carbocycles. The summed E-state index contributed by atoms with van der Waals surface area (Å²) in [5.41, 5.74) is 2.17. The Morgan fingerprint density at radius 2 is 2.15 bits per heavy atom. The third-order valence-corrected chi connectivity index (χ3v) is 3.64. The summed E-state index contributed by atoms with van der Waals surface area (Å²) < 4.78 is 7.52. The van der Waals surface area contributed by atoms with Gasteiger partial charge in [-0.2, -0.15) is 5.10 Å². The van der Waals surface area contributed by atoms with Gasteiger partial charge in [-0.1, -0.05) is 18.2 Å². The first-order valence-corrected chi connectivity index (χ1v) is 7.34. The van der Waals surface area contributed by atoms with Crippen LogP contribution in [0.2, 0.25) is 0 Å². The second-order valence-electron chi connectivity index (χ2n) is 5.19. The van der Waals surface area contributed by atoms with Gasteiger partial charge in [0.05, 0.1) is 17.5 Å². The molecule has 2 aromatic rings. The maximum Gasteiger partial charge on any atom is 0.0766 e. The lowest BCUT2D eigenvalue weighted by Gasteiger charge is -2.09. The van der Waals surface area contributed by atoms with E-state index in [0.717, 1.165) is 37.5 Å². The molecule has 0 bridgehead atoms. The van der Waals surface area contributed by atoms with Gasteiger partial charge in [0, 0.05) is 19.3 Å². The number of aromatic nitrogens is 2. The lowest BCUT2D eigenvalue weighted by Crippen LogP contribution is -2.20. The fraction of sp³-hybridized carbons (Fsp3) is 0.438. The topological polar surface area (TPSA) is 39.1 Å². The van der Waals surface area contributed by atoms with Crippen molar-refractivity contribution in [3.63, 3.8) is 0 Å². The van der Waals surface area contributed by atoms with Crippen molar-refractivity contribution >= 4 is 0 Å². The SMILES string of the molecule is c1ccc(-n2ccc(CNCCC3CCCO3)n2)cc1. The fourth-order valence-electron chi connectivity index (χ4n) is 2.53. The van der Waals surface area contributed by atoms with Gasteiger partial charge in [-0.05, 0) is 44.0 Å². The summed E-state index contributed by atoms with van der Waals surface area (Å²) in [5, 5.41) is 8.01. The molecule has 4 heteroatoms. The number of benzene rings is 1. The standard InChI is InChI=1S/C16H21N3O/c1-2-5-15(6-3-1)19-11-9-14(18-19)13-17-10-8-16-7-4-12-20-16/h1-3,5-6,9,11,16-17H,4,7-8,10,12-13H2. The van der Waals surface area contributed by atoms with Crippen LogP contribution < -0.4 is 5.32 Å². The van der Waals surface area contributed by atoms with Gasteiger partial charge in [-0.25, -0.2) is 4.68 Å². The molecule has 0 saturated carbocycles. The van der Waals surface area contributed by atoms with E-state index >= 15 is 0 Å². The van der Waals surface area contributed by atoms with Gasteiger partial charge in [0.15, 0.2) is 0 Å². The first-order chi connectivity index (χ1) is 9.92. The maximum atomic E-state index is 5.61. The van der Waals surface area contributed by atoms with Gasteiger partial charge in [-0.15, -0.1) is 0 Å². The van der Waals surface area contributed by atoms with Crippen molar-refractivity contribution in [2.24, 2.45) is 0 Å². The van der Waals surface area contributed by atoms with Crippen molar-refractivity contribution in [3.05, 3.63) is 48.3 Å². The van der Waals surface area contributed by atoms with Crippen LogP contribution in [0.5, 0.6) is 0 Å². The third-order valence-electron chi connectivity index (χ3n) is 3.64. The molecule has 1 atom stereocenters. The number of hydrogen-bond donors (Lipinski definition) is 1. The molecular formula is C16H21N3O. The van der Waals surface area contributed by atoms with Crippen LogP contribution in [0, 0.1) is 0 Å². The molecule has 0 spiro atoms. The summed E-state index contributed by atoms with van der Waals surface area (Å²) in [7, 11) is 0. The molecule has 4 nitrogen and oxygen atoms in total. The minimum atomic E-state index is 0.462. The molecule has 3 rings (SSSR count). The molecular weight excluding hydrogens is 250 g/mol. The Balaban J connectivity index is 1.45. The van der Waals surface area contributed by atoms with E-state index in [0.29, 0.717) is 6.10 Å². The maximum absolute atomic E-state index is 5.61. The molecule has 1 aromatic heterocycles. The van der Waals surface area contributed by atoms with Gasteiger partial charge >= 0.3 is 0 Å². The predicted octanol–water partition coefficient (Wildman–Crippen LogP) is 2.53. The van der Waals surface area contributed by atoms with Crippen LogP contribution in [0.1, 0.15) is 25.0 Å². The minimum Gasteiger partial charge on any atom is -0.378 e. The van der Waals surface area contributed by atoms with Crippen molar-refractivity contribution < 1.29 is 4.74 Å². The van der Waals surface area contributed by atoms with Crippen molar-refractivity contribution in [2.75, 3.05) is 13.2 Å². The van der Waals surface area contributed by atoms with Crippen molar-refractivity contribution in [1.29, 1.82) is 0 Å². The highest BCUT2D eigenvalue weighted by molar-refractivity contribution is 5.30. The van der Waals surface area contributed by atoms with Crippen LogP contribution in [0.3, 0.4) is 0 Å². The summed E-state index contributed by atoms with van der Waals surface area (Å²) in [6.45, 7) is 2.74. The van der Waals surface area contributed by atoms with Crippen LogP contribution in [0.4, 0.5) is 0 Å². The lowest BCUT2D eigenvalue weighted by atomic mass is 10.2. The number of rotatable bonds is 6. The van der Waals surface area contributed by atoms with E-state index in [1.807, 2.05) is 29.1 Å². The third kappa shape index (κ3) is 3.46. The molecule has 20 heavy (non-hydrogen) atoms. The van der Waals surface area contributed by atoms with E-state index in [1.54, 1.807) is 0 Å². The zero-order chi connectivity index (χ0) is 13.6. The smallest absolute Gasteiger partial charge is 0.0766 e. The number of nitrogens with one attached hydrogen (secondary N) is 1. The minimum absolute atomic E-state index is 0.462. The quantitative estimate of drug-likeness (QED) is 0.821. The molecule has 2 heterocycles. The fourth-order valence-corrected chi connectivity index (χ4v) is 2.53. The molecule has 1 N–H and O–H groups in total. The second-order valence-corrected chi connectivity index (χ2v) is 5.19. The molecule has 1 aliphatic rings. The van der Waals surface area contributed by atoms with Crippen molar-refractivity contribution in [1.82, 2.24) is 15.1 Å². The molecule has 1 unspecified atom stereocenters. The highest BCUT2D eigenvalue weighted by atomic mass is 16.5. The van der Waals surface area contributed by atoms with Gasteiger partial charge < -0.3 is 10.1 Å². The largest absolute Gasteiger partial charge is 0.378 e. The molecule has 1 saturated heterocycles. The Hall–Kier alpha value is -1.65. The van der Waals surface area contributed by atoms with Crippen molar-refractivity contribution in [3.8, 4) is 5.69 Å². The van der Waals surface area contributed by atoms with E-state index in [-0.39, 0.29) is 0 Å². The van der Waals surface area contributed by atoms with E-state index in [1.165, 1.54) is 12.8 Å². The Bertz CT molecular complexity index is 518. The average Bonchev–Trinajstić information content (AvgIpc) is 3.16. The van der Waals surface area contributed by atoms with Gasteiger partial charge in [0.25, 0.3) is 0 Å². The molecule has 1 fully saturated rings. The average molecular weight is 271 g/mol. The van der Waals surface area contributed by atoms with E-state index in [4.69, 9.17) is 4.74 Å². The van der Waals surface area contributed by atoms with Crippen LogP contribution in [0.15, 0.2) is 42.6 Å². The first-order valence-electron chi connectivity index (χ1n) is 7.34. The van der Waals surface area contributed by atoms with Crippen molar-refractivity contribution in [2.45, 2.75) is 31.9 Å². The summed E-state index contributed by atoms with van der Waals surface area (Å²) >= 11 is 0. The van der Waals surface area contributed by atoms with Gasteiger partial charge in [0.2, 0.25) is 0 Å². The van der Waals surface area contributed by atoms with Crippen LogP contribution >= 0.6 is 0 Å². The number of hydrogen-bond acceptors (Lipinski definition) is 3. The van der Waals surface area contributed by atoms with E-state index in [9.17, 15) is 0 Å². The Morgan fingerprint density at radius 3 is 2.95 bits per heavy atom. The first kappa shape index (κ1) is 13.3. The molecule has 0 radical (unpaired) electrons. The van der Waals surface area contributed by atoms with Gasteiger partial charge in [0.1, 0.15) is 0 Å². The normalized spacial score (nSPS) is 18.5.